The van der Waals surface area contributed by atoms with Gasteiger partial charge in [-0.15, -0.1) is 0 Å². The van der Waals surface area contributed by atoms with Crippen LogP contribution in [0.3, 0.4) is 0 Å². The smallest absolute Gasteiger partial charge is 0.244 e. The minimum Gasteiger partial charge on any atom is -0.329 e. The summed E-state index contributed by atoms with van der Waals surface area (Å²) >= 11 is 0. The summed E-state index contributed by atoms with van der Waals surface area (Å²) in [7, 11) is 0. The number of anilines is 1. The van der Waals surface area contributed by atoms with Crippen molar-refractivity contribution in [2.24, 2.45) is 0 Å². The van der Waals surface area contributed by atoms with Gasteiger partial charge in [-0.25, -0.2) is 8.78 Å². The second-order valence-corrected chi connectivity index (χ2v) is 5.51. The molecule has 2 aromatic rings. The molecule has 0 saturated carbocycles. The van der Waals surface area contributed by atoms with Gasteiger partial charge in [-0.05, 0) is 24.6 Å². The molecule has 126 valence electrons. The molecule has 0 saturated heterocycles. The number of aryl methyl sites for hydroxylation is 1. The van der Waals surface area contributed by atoms with E-state index in [1.807, 2.05) is 31.2 Å². The molecule has 0 aliphatic carbocycles. The van der Waals surface area contributed by atoms with Crippen LogP contribution in [-0.2, 0) is 16.1 Å². The van der Waals surface area contributed by atoms with Crippen molar-refractivity contribution < 1.29 is 18.4 Å². The van der Waals surface area contributed by atoms with Gasteiger partial charge < -0.3 is 10.2 Å². The number of para-hydroxylation sites is 1. The van der Waals surface area contributed by atoms with Gasteiger partial charge in [0.15, 0.2) is 0 Å². The van der Waals surface area contributed by atoms with Crippen LogP contribution in [0.4, 0.5) is 14.5 Å². The summed E-state index contributed by atoms with van der Waals surface area (Å²) in [5, 5.41) is 2.18. The lowest BCUT2D eigenvalue weighted by Crippen LogP contribution is -2.36. The molecule has 0 aromatic heterocycles. The van der Waals surface area contributed by atoms with E-state index in [0.717, 1.165) is 23.3 Å². The highest BCUT2D eigenvalue weighted by atomic mass is 19.1. The average Bonchev–Trinajstić information content (AvgIpc) is 2.50. The molecule has 1 N–H and O–H groups in total. The Kier molecular flexibility index (Phi) is 5.63. The summed E-state index contributed by atoms with van der Waals surface area (Å²) in [6.07, 6.45) is 0. The number of benzene rings is 2. The number of hydrogen-bond acceptors (Lipinski definition) is 2. The molecule has 24 heavy (non-hydrogen) atoms. The molecule has 6 heteroatoms. The number of hydrogen-bond donors (Lipinski definition) is 1. The Labute approximate surface area is 139 Å². The van der Waals surface area contributed by atoms with Crippen LogP contribution in [0.5, 0.6) is 0 Å². The fourth-order valence-corrected chi connectivity index (χ4v) is 2.28. The summed E-state index contributed by atoms with van der Waals surface area (Å²) in [5.74, 6) is -2.70. The second-order valence-electron chi connectivity index (χ2n) is 5.51. The number of nitrogens with zero attached hydrogens (tertiary/aromatic N) is 1. The minimum atomic E-state index is -0.864. The molecular weight excluding hydrogens is 314 g/mol. The van der Waals surface area contributed by atoms with E-state index >= 15 is 0 Å². The van der Waals surface area contributed by atoms with Gasteiger partial charge >= 0.3 is 0 Å². The third-order valence-corrected chi connectivity index (χ3v) is 3.46. The van der Waals surface area contributed by atoms with Crippen LogP contribution in [0.2, 0.25) is 0 Å². The lowest BCUT2D eigenvalue weighted by atomic mass is 10.1. The maximum absolute atomic E-state index is 13.6. The summed E-state index contributed by atoms with van der Waals surface area (Å²) in [5.41, 5.74) is 1.39. The predicted molar refractivity (Wildman–Crippen MR) is 87.3 cm³/mol. The average molecular weight is 332 g/mol. The van der Waals surface area contributed by atoms with Gasteiger partial charge in [0.1, 0.15) is 23.9 Å². The van der Waals surface area contributed by atoms with Crippen LogP contribution in [-0.4, -0.2) is 23.3 Å². The van der Waals surface area contributed by atoms with Crippen molar-refractivity contribution >= 4 is 17.5 Å². The molecule has 0 atom stereocenters. The molecule has 0 radical (unpaired) electrons. The maximum Gasteiger partial charge on any atom is 0.244 e. The number of carbonyl (C=O) groups excluding carboxylic acids is 2. The van der Waals surface area contributed by atoms with Gasteiger partial charge in [-0.2, -0.15) is 0 Å². The standard InChI is InChI=1S/C18H18F2N2O2/c1-12-5-3-6-14(9-12)10-22(13(2)23)11-17(24)21-18-15(19)7-4-8-16(18)20/h3-9H,10-11H2,1-2H3,(H,21,24). The molecule has 4 nitrogen and oxygen atoms in total. The normalized spacial score (nSPS) is 10.3. The Balaban J connectivity index is 2.07. The molecule has 0 unspecified atom stereocenters. The zero-order valence-corrected chi connectivity index (χ0v) is 13.5. The first-order chi connectivity index (χ1) is 11.4. The number of carbonyl (C=O) groups is 2. The number of amides is 2. The molecule has 0 aliphatic heterocycles. The Morgan fingerprint density at radius 1 is 1.08 bits per heavy atom. The first-order valence-electron chi connectivity index (χ1n) is 7.41. The molecule has 2 amide bonds. The van der Waals surface area contributed by atoms with Crippen LogP contribution in [0.15, 0.2) is 42.5 Å². The fourth-order valence-electron chi connectivity index (χ4n) is 2.28. The van der Waals surface area contributed by atoms with Crippen LogP contribution in [0.1, 0.15) is 18.1 Å². The minimum absolute atomic E-state index is 0.240. The van der Waals surface area contributed by atoms with Crippen LogP contribution in [0, 0.1) is 18.6 Å². The lowest BCUT2D eigenvalue weighted by molar-refractivity contribution is -0.133. The van der Waals surface area contributed by atoms with E-state index < -0.39 is 23.2 Å². The molecule has 0 heterocycles. The summed E-state index contributed by atoms with van der Waals surface area (Å²) in [4.78, 5) is 25.1. The van der Waals surface area contributed by atoms with Crippen molar-refractivity contribution in [3.05, 3.63) is 65.2 Å². The molecule has 2 aromatic carbocycles. The second kappa shape index (κ2) is 7.68. The van der Waals surface area contributed by atoms with E-state index in [9.17, 15) is 18.4 Å². The van der Waals surface area contributed by atoms with Crippen molar-refractivity contribution in [1.29, 1.82) is 0 Å². The molecule has 2 rings (SSSR count). The first kappa shape index (κ1) is 17.6. The molecule has 0 spiro atoms. The fraction of sp³-hybridized carbons (Fsp3) is 0.222. The van der Waals surface area contributed by atoms with Crippen LogP contribution < -0.4 is 5.32 Å². The van der Waals surface area contributed by atoms with Crippen molar-refractivity contribution in [3.63, 3.8) is 0 Å². The zero-order chi connectivity index (χ0) is 17.7. The summed E-state index contributed by atoms with van der Waals surface area (Å²) in [6.45, 7) is 3.21. The predicted octanol–water partition coefficient (Wildman–Crippen LogP) is 3.26. The topological polar surface area (TPSA) is 49.4 Å². The van der Waals surface area contributed by atoms with Crippen molar-refractivity contribution in [3.8, 4) is 0 Å². The number of rotatable bonds is 5. The van der Waals surface area contributed by atoms with E-state index in [0.29, 0.717) is 0 Å². The van der Waals surface area contributed by atoms with Crippen LogP contribution >= 0.6 is 0 Å². The Morgan fingerprint density at radius 2 is 1.71 bits per heavy atom. The Morgan fingerprint density at radius 3 is 2.29 bits per heavy atom. The van der Waals surface area contributed by atoms with Crippen molar-refractivity contribution in [2.45, 2.75) is 20.4 Å². The SMILES string of the molecule is CC(=O)N(CC(=O)Nc1c(F)cccc1F)Cc1cccc(C)c1. The third kappa shape index (κ3) is 4.62. The molecule has 0 fully saturated rings. The van der Waals surface area contributed by atoms with E-state index in [4.69, 9.17) is 0 Å². The number of nitrogens with one attached hydrogen (secondary N) is 1. The van der Waals surface area contributed by atoms with Gasteiger partial charge in [0.25, 0.3) is 0 Å². The first-order valence-corrected chi connectivity index (χ1v) is 7.41. The van der Waals surface area contributed by atoms with E-state index in [1.54, 1.807) is 0 Å². The van der Waals surface area contributed by atoms with Crippen molar-refractivity contribution in [1.82, 2.24) is 4.90 Å². The number of halogens is 2. The van der Waals surface area contributed by atoms with Crippen molar-refractivity contribution in [2.75, 3.05) is 11.9 Å². The highest BCUT2D eigenvalue weighted by molar-refractivity contribution is 5.94. The zero-order valence-electron chi connectivity index (χ0n) is 13.5. The van der Waals surface area contributed by atoms with Gasteiger partial charge in [0.2, 0.25) is 11.8 Å². The van der Waals surface area contributed by atoms with E-state index in [1.165, 1.54) is 17.9 Å². The van der Waals surface area contributed by atoms with E-state index in [2.05, 4.69) is 5.32 Å². The lowest BCUT2D eigenvalue weighted by Gasteiger charge is -2.21. The molecule has 0 aliphatic rings. The largest absolute Gasteiger partial charge is 0.329 e. The van der Waals surface area contributed by atoms with Crippen LogP contribution in [0.25, 0.3) is 0 Å². The summed E-state index contributed by atoms with van der Waals surface area (Å²) < 4.78 is 27.1. The highest BCUT2D eigenvalue weighted by Crippen LogP contribution is 2.18. The van der Waals surface area contributed by atoms with Gasteiger partial charge in [0, 0.05) is 13.5 Å². The quantitative estimate of drug-likeness (QED) is 0.914. The Hall–Kier alpha value is -2.76. The van der Waals surface area contributed by atoms with Gasteiger partial charge in [0.05, 0.1) is 0 Å². The van der Waals surface area contributed by atoms with Gasteiger partial charge in [-0.3, -0.25) is 9.59 Å². The highest BCUT2D eigenvalue weighted by Gasteiger charge is 2.17. The Bertz CT molecular complexity index is 742. The monoisotopic (exact) mass is 332 g/mol. The molecular formula is C18H18F2N2O2. The van der Waals surface area contributed by atoms with Gasteiger partial charge in [-0.1, -0.05) is 35.9 Å². The maximum atomic E-state index is 13.6. The molecule has 0 bridgehead atoms. The van der Waals surface area contributed by atoms with E-state index in [-0.39, 0.29) is 19.0 Å². The summed E-state index contributed by atoms with van der Waals surface area (Å²) in [6, 6.07) is 10.8. The third-order valence-electron chi connectivity index (χ3n) is 3.46.